The summed E-state index contributed by atoms with van der Waals surface area (Å²) in [6.45, 7) is 0. The quantitative estimate of drug-likeness (QED) is 0.190. The molecule has 0 atom stereocenters. The summed E-state index contributed by atoms with van der Waals surface area (Å²) in [5.41, 5.74) is 15.5. The van der Waals surface area contributed by atoms with E-state index in [0.29, 0.717) is 0 Å². The first-order chi connectivity index (χ1) is 25.3. The molecule has 11 rings (SSSR count). The predicted octanol–water partition coefficient (Wildman–Crippen LogP) is 11.0. The average Bonchev–Trinajstić information content (AvgIpc) is 3.85. The first kappa shape index (κ1) is 28.0. The molecule has 0 amide bonds. The van der Waals surface area contributed by atoms with E-state index in [4.69, 9.17) is 15.2 Å². The van der Waals surface area contributed by atoms with Gasteiger partial charge in [0.1, 0.15) is 0 Å². The fraction of sp³-hybridized carbons (Fsp3) is 0.0217. The summed E-state index contributed by atoms with van der Waals surface area (Å²) < 4.78 is 4.68. The lowest BCUT2D eigenvalue weighted by Gasteiger charge is -2.09. The highest BCUT2D eigenvalue weighted by atomic mass is 15.1. The van der Waals surface area contributed by atoms with Gasteiger partial charge in [0.2, 0.25) is 0 Å². The highest BCUT2D eigenvalue weighted by Gasteiger charge is 2.24. The van der Waals surface area contributed by atoms with Gasteiger partial charge in [-0.3, -0.25) is 4.98 Å². The van der Waals surface area contributed by atoms with Crippen molar-refractivity contribution in [1.82, 2.24) is 24.3 Å². The minimum absolute atomic E-state index is 0.735. The standard InChI is InChI=1S/C46H29N5/c1-3-11-32(12-4-1)50-43-17-9-7-15-34(43)38-23-29(19-21-45(38)50)40-26-36-31(28-47-40)25-42-37(36)27-41(48-49-42)30-20-22-46-39(24-30)35-16-8-10-18-44(35)51(46)33-13-5-2-6-14-33/h1-24,26-28H,25H2. The van der Waals surface area contributed by atoms with Crippen LogP contribution in [0.3, 0.4) is 0 Å². The minimum atomic E-state index is 0.735. The van der Waals surface area contributed by atoms with Gasteiger partial charge in [-0.1, -0.05) is 84.9 Å². The van der Waals surface area contributed by atoms with Gasteiger partial charge in [-0.2, -0.15) is 10.2 Å². The fourth-order valence-corrected chi connectivity index (χ4v) is 8.11. The number of rotatable bonds is 4. The van der Waals surface area contributed by atoms with Crippen LogP contribution in [0.15, 0.2) is 164 Å². The number of hydrogen-bond donors (Lipinski definition) is 0. The molecular formula is C46H29N5. The highest BCUT2D eigenvalue weighted by molar-refractivity contribution is 6.11. The van der Waals surface area contributed by atoms with Gasteiger partial charge in [0.05, 0.1) is 39.1 Å². The average molecular weight is 652 g/mol. The SMILES string of the molecule is c1ccc(-n2c3ccccc3c3cc(-c4cc5c(cn4)Cc4nnc(-c6ccc7c(c6)c6ccccc6n7-c6ccccc6)cc4-5)ccc32)cc1. The van der Waals surface area contributed by atoms with Crippen LogP contribution >= 0.6 is 0 Å². The van der Waals surface area contributed by atoms with Gasteiger partial charge in [-0.15, -0.1) is 0 Å². The van der Waals surface area contributed by atoms with E-state index in [0.717, 1.165) is 51.6 Å². The molecular weight excluding hydrogens is 623 g/mol. The third-order valence-electron chi connectivity index (χ3n) is 10.5. The topological polar surface area (TPSA) is 48.5 Å². The van der Waals surface area contributed by atoms with E-state index in [2.05, 4.69) is 167 Å². The molecule has 6 aromatic carbocycles. The second kappa shape index (κ2) is 10.8. The molecule has 0 unspecified atom stereocenters. The van der Waals surface area contributed by atoms with Crippen LogP contribution in [0.25, 0.3) is 88.6 Å². The zero-order valence-electron chi connectivity index (χ0n) is 27.5. The van der Waals surface area contributed by atoms with Crippen LogP contribution in [0.1, 0.15) is 11.3 Å². The van der Waals surface area contributed by atoms with Gasteiger partial charge < -0.3 is 9.13 Å². The number of para-hydroxylation sites is 4. The molecule has 0 radical (unpaired) electrons. The number of fused-ring (bicyclic) bond motifs is 9. The second-order valence-electron chi connectivity index (χ2n) is 13.3. The van der Waals surface area contributed by atoms with Crippen molar-refractivity contribution in [3.8, 4) is 45.0 Å². The molecule has 1 aliphatic carbocycles. The number of aromatic nitrogens is 5. The first-order valence-electron chi connectivity index (χ1n) is 17.3. The maximum absolute atomic E-state index is 4.97. The lowest BCUT2D eigenvalue weighted by atomic mass is 10.0. The van der Waals surface area contributed by atoms with Crippen molar-refractivity contribution in [2.75, 3.05) is 0 Å². The molecule has 51 heavy (non-hydrogen) atoms. The molecule has 0 saturated carbocycles. The van der Waals surface area contributed by atoms with E-state index in [1.54, 1.807) is 0 Å². The number of hydrogen-bond acceptors (Lipinski definition) is 3. The Balaban J connectivity index is 1.01. The van der Waals surface area contributed by atoms with Gasteiger partial charge >= 0.3 is 0 Å². The van der Waals surface area contributed by atoms with Crippen LogP contribution in [0.5, 0.6) is 0 Å². The lowest BCUT2D eigenvalue weighted by molar-refractivity contribution is 0.963. The van der Waals surface area contributed by atoms with Gasteiger partial charge in [-0.25, -0.2) is 0 Å². The van der Waals surface area contributed by atoms with Gasteiger partial charge in [0.15, 0.2) is 0 Å². The van der Waals surface area contributed by atoms with E-state index in [9.17, 15) is 0 Å². The molecule has 10 aromatic rings. The Bertz CT molecular complexity index is 2790. The molecule has 0 fully saturated rings. The molecule has 238 valence electrons. The fourth-order valence-electron chi connectivity index (χ4n) is 8.11. The predicted molar refractivity (Wildman–Crippen MR) is 208 cm³/mol. The van der Waals surface area contributed by atoms with Crippen molar-refractivity contribution in [2.24, 2.45) is 0 Å². The normalized spacial score (nSPS) is 12.2. The van der Waals surface area contributed by atoms with Crippen molar-refractivity contribution < 1.29 is 0 Å². The number of benzene rings is 6. The third-order valence-corrected chi connectivity index (χ3v) is 10.5. The molecule has 5 nitrogen and oxygen atoms in total. The summed E-state index contributed by atoms with van der Waals surface area (Å²) in [5, 5.41) is 14.4. The van der Waals surface area contributed by atoms with Crippen LogP contribution in [-0.4, -0.2) is 24.3 Å². The minimum Gasteiger partial charge on any atom is -0.309 e. The third kappa shape index (κ3) is 4.25. The summed E-state index contributed by atoms with van der Waals surface area (Å²) in [4.78, 5) is 4.97. The van der Waals surface area contributed by atoms with Gasteiger partial charge in [0, 0.05) is 62.2 Å². The Morgan fingerprint density at radius 2 is 0.922 bits per heavy atom. The summed E-state index contributed by atoms with van der Waals surface area (Å²) in [6.07, 6.45) is 2.76. The zero-order chi connectivity index (χ0) is 33.5. The Hall–Kier alpha value is -6.85. The maximum atomic E-state index is 4.97. The Labute approximate surface area is 293 Å². The van der Waals surface area contributed by atoms with Crippen molar-refractivity contribution in [2.45, 2.75) is 6.42 Å². The maximum Gasteiger partial charge on any atom is 0.0936 e. The van der Waals surface area contributed by atoms with Crippen LogP contribution < -0.4 is 0 Å². The second-order valence-corrected chi connectivity index (χ2v) is 13.3. The van der Waals surface area contributed by atoms with Crippen LogP contribution in [-0.2, 0) is 6.42 Å². The largest absolute Gasteiger partial charge is 0.309 e. The van der Waals surface area contributed by atoms with E-state index < -0.39 is 0 Å². The van der Waals surface area contributed by atoms with E-state index >= 15 is 0 Å². The molecule has 0 bridgehead atoms. The zero-order valence-corrected chi connectivity index (χ0v) is 27.5. The Morgan fingerprint density at radius 3 is 1.53 bits per heavy atom. The molecule has 0 aliphatic heterocycles. The van der Waals surface area contributed by atoms with Crippen LogP contribution in [0, 0.1) is 0 Å². The van der Waals surface area contributed by atoms with E-state index in [1.807, 2.05) is 6.20 Å². The van der Waals surface area contributed by atoms with Crippen LogP contribution in [0.2, 0.25) is 0 Å². The summed E-state index contributed by atoms with van der Waals surface area (Å²) in [7, 11) is 0. The molecule has 4 aromatic heterocycles. The van der Waals surface area contributed by atoms with Crippen molar-refractivity contribution in [3.63, 3.8) is 0 Å². The summed E-state index contributed by atoms with van der Waals surface area (Å²) in [5.74, 6) is 0. The molecule has 5 heteroatoms. The van der Waals surface area contributed by atoms with Crippen molar-refractivity contribution >= 4 is 43.6 Å². The molecule has 4 heterocycles. The van der Waals surface area contributed by atoms with Crippen molar-refractivity contribution in [3.05, 3.63) is 175 Å². The Kier molecular flexibility index (Phi) is 5.95. The summed E-state index contributed by atoms with van der Waals surface area (Å²) in [6, 6.07) is 56.2. The first-order valence-corrected chi connectivity index (χ1v) is 17.3. The molecule has 0 saturated heterocycles. The molecule has 0 spiro atoms. The van der Waals surface area contributed by atoms with E-state index in [-0.39, 0.29) is 0 Å². The number of pyridine rings is 1. The smallest absolute Gasteiger partial charge is 0.0936 e. The highest BCUT2D eigenvalue weighted by Crippen LogP contribution is 2.41. The molecule has 0 N–H and O–H groups in total. The lowest BCUT2D eigenvalue weighted by Crippen LogP contribution is -1.94. The Morgan fingerprint density at radius 1 is 0.412 bits per heavy atom. The molecule has 1 aliphatic rings. The van der Waals surface area contributed by atoms with E-state index in [1.165, 1.54) is 54.7 Å². The number of nitrogens with zero attached hydrogens (tertiary/aromatic N) is 5. The summed E-state index contributed by atoms with van der Waals surface area (Å²) >= 11 is 0. The monoisotopic (exact) mass is 651 g/mol. The van der Waals surface area contributed by atoms with Crippen LogP contribution in [0.4, 0.5) is 0 Å². The van der Waals surface area contributed by atoms with Gasteiger partial charge in [0.25, 0.3) is 0 Å². The van der Waals surface area contributed by atoms with Crippen molar-refractivity contribution in [1.29, 1.82) is 0 Å². The van der Waals surface area contributed by atoms with Gasteiger partial charge in [-0.05, 0) is 83.9 Å².